The van der Waals surface area contributed by atoms with E-state index in [9.17, 15) is 0 Å². The highest BCUT2D eigenvalue weighted by atomic mass is 35.5. The zero-order valence-corrected chi connectivity index (χ0v) is 28.6. The van der Waals surface area contributed by atoms with Gasteiger partial charge in [-0.05, 0) is 110 Å². The van der Waals surface area contributed by atoms with E-state index in [1.165, 1.54) is 73.4 Å². The van der Waals surface area contributed by atoms with Gasteiger partial charge in [0.25, 0.3) is 0 Å². The van der Waals surface area contributed by atoms with Gasteiger partial charge in [-0.1, -0.05) is 114 Å². The molecule has 2 heterocycles. The Morgan fingerprint density at radius 1 is 0.354 bits per heavy atom. The van der Waals surface area contributed by atoms with E-state index in [0.29, 0.717) is 0 Å². The molecular formula is C44H24Cl2S2. The maximum Gasteiger partial charge on any atom is 0.0499 e. The van der Waals surface area contributed by atoms with Crippen LogP contribution in [0.4, 0.5) is 0 Å². The van der Waals surface area contributed by atoms with Gasteiger partial charge < -0.3 is 0 Å². The van der Waals surface area contributed by atoms with Gasteiger partial charge in [0.1, 0.15) is 0 Å². The van der Waals surface area contributed by atoms with E-state index < -0.39 is 0 Å². The molecule has 4 heteroatoms. The SMILES string of the molecule is Clc1cccc2sc3c4ccccc4cc(-c4cc(-c5ccccc5)cc(-c5cc6ccccc6c6sc7cccc(Cl)c7c56)c4)c3c12. The number of fused-ring (bicyclic) bond motifs is 10. The Morgan fingerprint density at radius 2 is 0.812 bits per heavy atom. The Kier molecular flexibility index (Phi) is 6.44. The van der Waals surface area contributed by atoms with Crippen molar-refractivity contribution >= 4 is 108 Å². The van der Waals surface area contributed by atoms with Crippen LogP contribution in [0.15, 0.2) is 146 Å². The second-order valence-electron chi connectivity index (χ2n) is 12.3. The average molecular weight is 688 g/mol. The lowest BCUT2D eigenvalue weighted by Gasteiger charge is -2.15. The number of benzene rings is 8. The Balaban J connectivity index is 1.37. The summed E-state index contributed by atoms with van der Waals surface area (Å²) in [5.74, 6) is 0. The van der Waals surface area contributed by atoms with Gasteiger partial charge in [0, 0.05) is 50.4 Å². The van der Waals surface area contributed by atoms with Crippen molar-refractivity contribution in [2.45, 2.75) is 0 Å². The Morgan fingerprint density at radius 3 is 1.33 bits per heavy atom. The molecule has 2 aromatic heterocycles. The average Bonchev–Trinajstić information content (AvgIpc) is 3.73. The monoisotopic (exact) mass is 686 g/mol. The van der Waals surface area contributed by atoms with E-state index in [2.05, 4.69) is 133 Å². The van der Waals surface area contributed by atoms with Crippen LogP contribution < -0.4 is 0 Å². The minimum atomic E-state index is 0.783. The van der Waals surface area contributed by atoms with Crippen molar-refractivity contribution in [2.24, 2.45) is 0 Å². The summed E-state index contributed by atoms with van der Waals surface area (Å²) in [5.41, 5.74) is 7.04. The maximum absolute atomic E-state index is 7.02. The molecule has 10 aromatic rings. The summed E-state index contributed by atoms with van der Waals surface area (Å²) in [6, 6.07) is 52.4. The Hall–Kier alpha value is -4.70. The summed E-state index contributed by atoms with van der Waals surface area (Å²) in [6.07, 6.45) is 0. The molecule has 0 fully saturated rings. The van der Waals surface area contributed by atoms with Gasteiger partial charge in [-0.25, -0.2) is 0 Å². The predicted molar refractivity (Wildman–Crippen MR) is 214 cm³/mol. The molecule has 10 rings (SSSR count). The first-order valence-electron chi connectivity index (χ1n) is 15.9. The first kappa shape index (κ1) is 28.3. The van der Waals surface area contributed by atoms with Crippen LogP contribution in [-0.4, -0.2) is 0 Å². The molecule has 0 nitrogen and oxygen atoms in total. The van der Waals surface area contributed by atoms with E-state index in [-0.39, 0.29) is 0 Å². The van der Waals surface area contributed by atoms with Crippen LogP contribution in [0.25, 0.3) is 95.3 Å². The van der Waals surface area contributed by atoms with Crippen LogP contribution in [0, 0.1) is 0 Å². The smallest absolute Gasteiger partial charge is 0.0499 e. The number of rotatable bonds is 3. The van der Waals surface area contributed by atoms with Crippen molar-refractivity contribution in [2.75, 3.05) is 0 Å². The lowest BCUT2D eigenvalue weighted by Crippen LogP contribution is -1.89. The third-order valence-electron chi connectivity index (χ3n) is 9.54. The topological polar surface area (TPSA) is 0 Å². The van der Waals surface area contributed by atoms with Gasteiger partial charge in [-0.2, -0.15) is 0 Å². The number of hydrogen-bond acceptors (Lipinski definition) is 2. The zero-order chi connectivity index (χ0) is 31.9. The Labute approximate surface area is 295 Å². The highest BCUT2D eigenvalue weighted by Crippen LogP contribution is 2.50. The van der Waals surface area contributed by atoms with Crippen LogP contribution in [0.2, 0.25) is 10.0 Å². The molecule has 0 atom stereocenters. The van der Waals surface area contributed by atoms with Gasteiger partial charge in [0.15, 0.2) is 0 Å². The zero-order valence-electron chi connectivity index (χ0n) is 25.4. The highest BCUT2D eigenvalue weighted by Gasteiger charge is 2.21. The lowest BCUT2D eigenvalue weighted by atomic mass is 9.88. The van der Waals surface area contributed by atoms with E-state index in [1.807, 2.05) is 34.8 Å². The number of hydrogen-bond donors (Lipinski definition) is 0. The van der Waals surface area contributed by atoms with Crippen molar-refractivity contribution in [3.8, 4) is 33.4 Å². The largest absolute Gasteiger partial charge is 0.134 e. The summed E-state index contributed by atoms with van der Waals surface area (Å²) < 4.78 is 4.93. The first-order chi connectivity index (χ1) is 23.6. The van der Waals surface area contributed by atoms with Crippen LogP contribution in [-0.2, 0) is 0 Å². The quantitative estimate of drug-likeness (QED) is 0.173. The standard InChI is InChI=1S/C44H24Cl2S2/c45-35-16-8-18-37-41(35)39-33(23-26-12-4-6-14-31(26)43(39)47-37)29-20-28(25-10-2-1-3-11-25)21-30(22-29)34-24-27-13-5-7-15-32(27)44-40(34)42-36(46)17-9-19-38(42)48-44/h1-24H. The second-order valence-corrected chi connectivity index (χ2v) is 15.2. The molecule has 0 amide bonds. The highest BCUT2D eigenvalue weighted by molar-refractivity contribution is 7.27. The van der Waals surface area contributed by atoms with Gasteiger partial charge in [0.2, 0.25) is 0 Å². The molecule has 48 heavy (non-hydrogen) atoms. The molecule has 0 unspecified atom stereocenters. The minimum absolute atomic E-state index is 0.783. The fourth-order valence-electron chi connectivity index (χ4n) is 7.41. The molecule has 0 saturated heterocycles. The van der Waals surface area contributed by atoms with Crippen LogP contribution in [0.3, 0.4) is 0 Å². The van der Waals surface area contributed by atoms with E-state index in [0.717, 1.165) is 31.9 Å². The molecule has 0 radical (unpaired) electrons. The molecule has 0 N–H and O–H groups in total. The summed E-state index contributed by atoms with van der Waals surface area (Å²) in [6.45, 7) is 0. The van der Waals surface area contributed by atoms with Crippen molar-refractivity contribution < 1.29 is 0 Å². The van der Waals surface area contributed by atoms with Crippen molar-refractivity contribution in [3.63, 3.8) is 0 Å². The fraction of sp³-hybridized carbons (Fsp3) is 0. The molecule has 0 aliphatic carbocycles. The molecule has 0 aliphatic heterocycles. The third kappa shape index (κ3) is 4.27. The maximum atomic E-state index is 7.02. The lowest BCUT2D eigenvalue weighted by molar-refractivity contribution is 1.60. The predicted octanol–water partition coefficient (Wildman–Crippen LogP) is 15.0. The Bertz CT molecular complexity index is 2740. The van der Waals surface area contributed by atoms with Gasteiger partial charge in [0.05, 0.1) is 0 Å². The summed E-state index contributed by atoms with van der Waals surface area (Å²) in [7, 11) is 0. The fourth-order valence-corrected chi connectivity index (χ4v) is 10.6. The molecule has 8 aromatic carbocycles. The van der Waals surface area contributed by atoms with Gasteiger partial charge >= 0.3 is 0 Å². The molecular weight excluding hydrogens is 664 g/mol. The normalized spacial score (nSPS) is 12.0. The van der Waals surface area contributed by atoms with E-state index in [1.54, 1.807) is 0 Å². The molecule has 0 bridgehead atoms. The molecule has 0 saturated carbocycles. The van der Waals surface area contributed by atoms with Crippen molar-refractivity contribution in [3.05, 3.63) is 156 Å². The van der Waals surface area contributed by atoms with Crippen molar-refractivity contribution in [1.82, 2.24) is 0 Å². The van der Waals surface area contributed by atoms with E-state index in [4.69, 9.17) is 23.2 Å². The first-order valence-corrected chi connectivity index (χ1v) is 18.3. The van der Waals surface area contributed by atoms with Gasteiger partial charge in [-0.15, -0.1) is 22.7 Å². The van der Waals surface area contributed by atoms with Crippen molar-refractivity contribution in [1.29, 1.82) is 0 Å². The molecule has 0 spiro atoms. The number of halogens is 2. The summed E-state index contributed by atoms with van der Waals surface area (Å²) in [4.78, 5) is 0. The van der Waals surface area contributed by atoms with Gasteiger partial charge in [-0.3, -0.25) is 0 Å². The van der Waals surface area contributed by atoms with Crippen LogP contribution in [0.5, 0.6) is 0 Å². The van der Waals surface area contributed by atoms with E-state index >= 15 is 0 Å². The summed E-state index contributed by atoms with van der Waals surface area (Å²) in [5, 5.41) is 11.2. The molecule has 226 valence electrons. The van der Waals surface area contributed by atoms with Crippen LogP contribution >= 0.6 is 45.9 Å². The summed E-state index contributed by atoms with van der Waals surface area (Å²) >= 11 is 17.7. The minimum Gasteiger partial charge on any atom is -0.134 e. The number of thiophene rings is 2. The molecule has 0 aliphatic rings. The second kappa shape index (κ2) is 10.9. The third-order valence-corrected chi connectivity index (χ3v) is 12.5. The van der Waals surface area contributed by atoms with Crippen LogP contribution in [0.1, 0.15) is 0 Å².